The molecule has 4 rings (SSSR count). The smallest absolute Gasteiger partial charge is 0.256 e. The van der Waals surface area contributed by atoms with Gasteiger partial charge in [-0.25, -0.2) is 4.98 Å². The van der Waals surface area contributed by atoms with Crippen LogP contribution < -0.4 is 4.74 Å². The molecule has 3 aromatic rings. The number of benzene rings is 1. The van der Waals surface area contributed by atoms with Gasteiger partial charge in [0.2, 0.25) is 5.88 Å². The van der Waals surface area contributed by atoms with Crippen molar-refractivity contribution < 1.29 is 9.53 Å². The molecule has 144 valence electrons. The molecule has 0 saturated carbocycles. The molecule has 0 radical (unpaired) electrons. The van der Waals surface area contributed by atoms with Crippen molar-refractivity contribution in [2.75, 3.05) is 6.54 Å². The highest BCUT2D eigenvalue weighted by molar-refractivity contribution is 5.98. The van der Waals surface area contributed by atoms with E-state index in [4.69, 9.17) is 4.74 Å². The van der Waals surface area contributed by atoms with E-state index in [2.05, 4.69) is 22.1 Å². The van der Waals surface area contributed by atoms with Gasteiger partial charge >= 0.3 is 0 Å². The van der Waals surface area contributed by atoms with E-state index >= 15 is 0 Å². The minimum atomic E-state index is -0.0792. The van der Waals surface area contributed by atoms with Crippen molar-refractivity contribution in [1.29, 1.82) is 0 Å². The van der Waals surface area contributed by atoms with Crippen molar-refractivity contribution >= 4 is 5.91 Å². The summed E-state index contributed by atoms with van der Waals surface area (Å²) in [4.78, 5) is 21.1. The molecule has 2 aromatic heterocycles. The van der Waals surface area contributed by atoms with Crippen LogP contribution in [0.5, 0.6) is 5.88 Å². The molecular weight excluding hydrogens is 354 g/mol. The summed E-state index contributed by atoms with van der Waals surface area (Å²) >= 11 is 0. The first-order valence-corrected chi connectivity index (χ1v) is 9.49. The summed E-state index contributed by atoms with van der Waals surface area (Å²) in [6, 6.07) is 13.3. The zero-order valence-corrected chi connectivity index (χ0v) is 16.0. The summed E-state index contributed by atoms with van der Waals surface area (Å²) in [5, 5.41) is 8.35. The Labute approximate surface area is 164 Å². The molecular formula is C21H23N5O2. The van der Waals surface area contributed by atoms with Crippen LogP contribution in [0.4, 0.5) is 0 Å². The second kappa shape index (κ2) is 7.80. The monoisotopic (exact) mass is 377 g/mol. The Morgan fingerprint density at radius 1 is 1.07 bits per heavy atom. The number of hydrogen-bond donors (Lipinski definition) is 0. The first-order valence-electron chi connectivity index (χ1n) is 9.49. The molecule has 2 atom stereocenters. The maximum atomic E-state index is 13.4. The van der Waals surface area contributed by atoms with Crippen molar-refractivity contribution in [2.45, 2.75) is 38.8 Å². The number of piperidine rings is 1. The Bertz CT molecular complexity index is 957. The van der Waals surface area contributed by atoms with E-state index in [0.29, 0.717) is 23.7 Å². The first kappa shape index (κ1) is 18.2. The zero-order chi connectivity index (χ0) is 19.5. The highest BCUT2D eigenvalue weighted by Crippen LogP contribution is 2.24. The fourth-order valence-electron chi connectivity index (χ4n) is 3.53. The van der Waals surface area contributed by atoms with Gasteiger partial charge < -0.3 is 9.64 Å². The predicted octanol–water partition coefficient (Wildman–Crippen LogP) is 3.04. The average Bonchev–Trinajstić information content (AvgIpc) is 3.24. The minimum Gasteiger partial charge on any atom is -0.472 e. The largest absolute Gasteiger partial charge is 0.472 e. The van der Waals surface area contributed by atoms with Gasteiger partial charge in [0.1, 0.15) is 6.10 Å². The third kappa shape index (κ3) is 3.74. The van der Waals surface area contributed by atoms with Crippen LogP contribution in [0, 0.1) is 6.92 Å². The summed E-state index contributed by atoms with van der Waals surface area (Å²) in [5.41, 5.74) is 2.17. The molecule has 0 aliphatic carbocycles. The molecule has 1 amide bonds. The quantitative estimate of drug-likeness (QED) is 0.699. The van der Waals surface area contributed by atoms with Gasteiger partial charge in [-0.1, -0.05) is 18.2 Å². The second-order valence-corrected chi connectivity index (χ2v) is 7.08. The van der Waals surface area contributed by atoms with Gasteiger partial charge in [0.15, 0.2) is 0 Å². The standard InChI is InChI=1S/C21H23N5O2/c1-15-6-5-9-20(24-15)28-17-11-10-16(2)25(14-17)21(27)18-7-3-4-8-19(18)26-22-12-13-23-26/h3-9,12-13,16-17H,10-11,14H2,1-2H3/t16-,17-/m1/s1. The number of pyridine rings is 1. The van der Waals surface area contributed by atoms with Gasteiger partial charge in [-0.3, -0.25) is 4.79 Å². The lowest BCUT2D eigenvalue weighted by Crippen LogP contribution is -2.49. The number of ether oxygens (including phenoxy) is 1. The molecule has 0 N–H and O–H groups in total. The van der Waals surface area contributed by atoms with Crippen LogP contribution >= 0.6 is 0 Å². The highest BCUT2D eigenvalue weighted by Gasteiger charge is 2.32. The van der Waals surface area contributed by atoms with E-state index in [1.165, 1.54) is 4.80 Å². The van der Waals surface area contributed by atoms with Gasteiger partial charge in [-0.2, -0.15) is 15.0 Å². The number of carbonyl (C=O) groups excluding carboxylic acids is 1. The van der Waals surface area contributed by atoms with Gasteiger partial charge in [0, 0.05) is 17.8 Å². The van der Waals surface area contributed by atoms with Crippen molar-refractivity contribution in [1.82, 2.24) is 24.9 Å². The molecule has 0 spiro atoms. The normalized spacial score (nSPS) is 19.4. The van der Waals surface area contributed by atoms with E-state index in [1.54, 1.807) is 12.4 Å². The number of nitrogens with zero attached hydrogens (tertiary/aromatic N) is 5. The Morgan fingerprint density at radius 3 is 2.64 bits per heavy atom. The molecule has 3 heterocycles. The number of rotatable bonds is 4. The number of para-hydroxylation sites is 1. The molecule has 1 aromatic carbocycles. The Kier molecular flexibility index (Phi) is 5.06. The molecule has 1 aliphatic heterocycles. The number of aromatic nitrogens is 4. The molecule has 28 heavy (non-hydrogen) atoms. The van der Waals surface area contributed by atoms with E-state index in [9.17, 15) is 4.79 Å². The molecule has 1 aliphatic rings. The molecule has 0 unspecified atom stereocenters. The van der Waals surface area contributed by atoms with E-state index < -0.39 is 0 Å². The fourth-order valence-corrected chi connectivity index (χ4v) is 3.53. The molecule has 1 saturated heterocycles. The molecule has 1 fully saturated rings. The number of amides is 1. The lowest BCUT2D eigenvalue weighted by molar-refractivity contribution is 0.0372. The maximum Gasteiger partial charge on any atom is 0.256 e. The first-order chi connectivity index (χ1) is 13.6. The van der Waals surface area contributed by atoms with Crippen LogP contribution in [-0.4, -0.2) is 49.5 Å². The SMILES string of the molecule is Cc1cccc(O[C@@H]2CC[C@@H](C)N(C(=O)c3ccccc3-n3nccn3)C2)n1. The molecule has 7 nitrogen and oxygen atoms in total. The van der Waals surface area contributed by atoms with Gasteiger partial charge in [-0.15, -0.1) is 0 Å². The summed E-state index contributed by atoms with van der Waals surface area (Å²) in [6.07, 6.45) is 4.89. The van der Waals surface area contributed by atoms with Crippen molar-refractivity contribution in [3.8, 4) is 11.6 Å². The second-order valence-electron chi connectivity index (χ2n) is 7.08. The average molecular weight is 377 g/mol. The topological polar surface area (TPSA) is 73.1 Å². The summed E-state index contributed by atoms with van der Waals surface area (Å²) < 4.78 is 6.07. The third-order valence-corrected chi connectivity index (χ3v) is 5.02. The van der Waals surface area contributed by atoms with Gasteiger partial charge in [0.05, 0.1) is 30.2 Å². The van der Waals surface area contributed by atoms with Crippen LogP contribution in [0.15, 0.2) is 54.9 Å². The van der Waals surface area contributed by atoms with Crippen molar-refractivity contribution in [2.24, 2.45) is 0 Å². The Balaban J connectivity index is 1.55. The Hall–Kier alpha value is -3.22. The van der Waals surface area contributed by atoms with Crippen LogP contribution in [0.1, 0.15) is 35.8 Å². The summed E-state index contributed by atoms with van der Waals surface area (Å²) in [6.45, 7) is 4.54. The molecule has 7 heteroatoms. The Morgan fingerprint density at radius 2 is 1.86 bits per heavy atom. The lowest BCUT2D eigenvalue weighted by atomic mass is 9.99. The minimum absolute atomic E-state index is 0.0362. The zero-order valence-electron chi connectivity index (χ0n) is 16.0. The number of carbonyl (C=O) groups is 1. The van der Waals surface area contributed by atoms with Crippen LogP contribution in [0.25, 0.3) is 5.69 Å². The predicted molar refractivity (Wildman–Crippen MR) is 104 cm³/mol. The number of aryl methyl sites for hydroxylation is 1. The summed E-state index contributed by atoms with van der Waals surface area (Å²) in [7, 11) is 0. The number of likely N-dealkylation sites (tertiary alicyclic amines) is 1. The van der Waals surface area contributed by atoms with Gasteiger partial charge in [-0.05, 0) is 44.9 Å². The number of hydrogen-bond acceptors (Lipinski definition) is 5. The van der Waals surface area contributed by atoms with Crippen molar-refractivity contribution in [3.05, 3.63) is 66.1 Å². The van der Waals surface area contributed by atoms with Gasteiger partial charge in [0.25, 0.3) is 5.91 Å². The maximum absolute atomic E-state index is 13.4. The van der Waals surface area contributed by atoms with Crippen LogP contribution in [-0.2, 0) is 0 Å². The highest BCUT2D eigenvalue weighted by atomic mass is 16.5. The van der Waals surface area contributed by atoms with Crippen molar-refractivity contribution in [3.63, 3.8) is 0 Å². The summed E-state index contributed by atoms with van der Waals surface area (Å²) in [5.74, 6) is 0.569. The third-order valence-electron chi connectivity index (χ3n) is 5.02. The van der Waals surface area contributed by atoms with Crippen LogP contribution in [0.2, 0.25) is 0 Å². The molecule has 0 bridgehead atoms. The fraction of sp³-hybridized carbons (Fsp3) is 0.333. The lowest BCUT2D eigenvalue weighted by Gasteiger charge is -2.38. The van der Waals surface area contributed by atoms with E-state index in [-0.39, 0.29) is 18.1 Å². The van der Waals surface area contributed by atoms with Crippen LogP contribution in [0.3, 0.4) is 0 Å². The van der Waals surface area contributed by atoms with E-state index in [0.717, 1.165) is 18.5 Å². The van der Waals surface area contributed by atoms with E-state index in [1.807, 2.05) is 54.3 Å².